The molecule has 0 aliphatic heterocycles. The molecule has 1 saturated carbocycles. The Labute approximate surface area is 127 Å². The molecule has 1 fully saturated rings. The predicted octanol–water partition coefficient (Wildman–Crippen LogP) is 3.89. The van der Waals surface area contributed by atoms with Crippen LogP contribution in [0.4, 0.5) is 0 Å². The second-order valence-electron chi connectivity index (χ2n) is 7.08. The molecule has 0 bridgehead atoms. The van der Waals surface area contributed by atoms with E-state index in [1.54, 1.807) is 24.3 Å². The minimum Gasteiger partial charge on any atom is -0.349 e. The molecule has 0 heterocycles. The summed E-state index contributed by atoms with van der Waals surface area (Å²) in [6.45, 7) is 6.89. The van der Waals surface area contributed by atoms with Crippen molar-refractivity contribution in [3.8, 4) is 6.07 Å². The SMILES string of the molecule is CC(C)(C)C1CCC(NC(=O)c2cccc(C#N)c2)CC1. The van der Waals surface area contributed by atoms with Gasteiger partial charge in [-0.25, -0.2) is 0 Å². The van der Waals surface area contributed by atoms with Crippen molar-refractivity contribution in [3.05, 3.63) is 35.4 Å². The first kappa shape index (κ1) is 15.6. The third-order valence-electron chi connectivity index (χ3n) is 4.54. The minimum absolute atomic E-state index is 0.0636. The van der Waals surface area contributed by atoms with Gasteiger partial charge in [0.2, 0.25) is 0 Å². The molecule has 2 rings (SSSR count). The van der Waals surface area contributed by atoms with Crippen LogP contribution in [-0.4, -0.2) is 11.9 Å². The van der Waals surface area contributed by atoms with E-state index >= 15 is 0 Å². The Morgan fingerprint density at radius 1 is 1.24 bits per heavy atom. The quantitative estimate of drug-likeness (QED) is 0.895. The van der Waals surface area contributed by atoms with Crippen molar-refractivity contribution < 1.29 is 4.79 Å². The summed E-state index contributed by atoms with van der Waals surface area (Å²) in [7, 11) is 0. The predicted molar refractivity (Wildman–Crippen MR) is 83.8 cm³/mol. The highest BCUT2D eigenvalue weighted by atomic mass is 16.1. The molecule has 1 aliphatic rings. The van der Waals surface area contributed by atoms with Gasteiger partial charge in [-0.2, -0.15) is 5.26 Å². The number of hydrogen-bond donors (Lipinski definition) is 1. The molecule has 1 aliphatic carbocycles. The first-order valence-corrected chi connectivity index (χ1v) is 7.71. The van der Waals surface area contributed by atoms with Gasteiger partial charge in [0, 0.05) is 11.6 Å². The van der Waals surface area contributed by atoms with Crippen LogP contribution in [0, 0.1) is 22.7 Å². The van der Waals surface area contributed by atoms with Gasteiger partial charge in [0.25, 0.3) is 5.91 Å². The number of hydrogen-bond acceptors (Lipinski definition) is 2. The van der Waals surface area contributed by atoms with Crippen molar-refractivity contribution in [1.29, 1.82) is 5.26 Å². The summed E-state index contributed by atoms with van der Waals surface area (Å²) in [4.78, 5) is 12.2. The number of benzene rings is 1. The van der Waals surface area contributed by atoms with Gasteiger partial charge >= 0.3 is 0 Å². The van der Waals surface area contributed by atoms with E-state index in [0.717, 1.165) is 18.8 Å². The van der Waals surface area contributed by atoms with Crippen LogP contribution in [0.1, 0.15) is 62.4 Å². The number of carbonyl (C=O) groups excluding carboxylic acids is 1. The van der Waals surface area contributed by atoms with E-state index in [2.05, 4.69) is 32.2 Å². The maximum atomic E-state index is 12.2. The molecular formula is C18H24N2O. The molecule has 0 aromatic heterocycles. The average molecular weight is 284 g/mol. The van der Waals surface area contributed by atoms with Gasteiger partial charge in [0.05, 0.1) is 11.6 Å². The third kappa shape index (κ3) is 4.07. The Balaban J connectivity index is 1.91. The summed E-state index contributed by atoms with van der Waals surface area (Å²) >= 11 is 0. The molecule has 0 spiro atoms. The topological polar surface area (TPSA) is 52.9 Å². The summed E-state index contributed by atoms with van der Waals surface area (Å²) in [6.07, 6.45) is 4.44. The minimum atomic E-state index is -0.0636. The van der Waals surface area contributed by atoms with E-state index in [1.165, 1.54) is 12.8 Å². The summed E-state index contributed by atoms with van der Waals surface area (Å²) in [5.74, 6) is 0.680. The van der Waals surface area contributed by atoms with E-state index < -0.39 is 0 Å². The molecule has 0 unspecified atom stereocenters. The summed E-state index contributed by atoms with van der Waals surface area (Å²) in [6, 6.07) is 9.21. The Kier molecular flexibility index (Phi) is 4.67. The molecule has 1 aromatic carbocycles. The largest absolute Gasteiger partial charge is 0.349 e. The van der Waals surface area contributed by atoms with Gasteiger partial charge in [-0.1, -0.05) is 26.8 Å². The van der Waals surface area contributed by atoms with Crippen LogP contribution in [0.5, 0.6) is 0 Å². The Bertz CT molecular complexity index is 543. The molecular weight excluding hydrogens is 260 g/mol. The van der Waals surface area contributed by atoms with E-state index in [-0.39, 0.29) is 11.9 Å². The van der Waals surface area contributed by atoms with E-state index in [0.29, 0.717) is 16.5 Å². The second-order valence-corrected chi connectivity index (χ2v) is 7.08. The third-order valence-corrected chi connectivity index (χ3v) is 4.54. The molecule has 0 radical (unpaired) electrons. The molecule has 3 nitrogen and oxygen atoms in total. The highest BCUT2D eigenvalue weighted by molar-refractivity contribution is 5.94. The van der Waals surface area contributed by atoms with E-state index in [9.17, 15) is 4.79 Å². The fourth-order valence-corrected chi connectivity index (χ4v) is 3.10. The fourth-order valence-electron chi connectivity index (χ4n) is 3.10. The number of nitrogens with zero attached hydrogens (tertiary/aromatic N) is 1. The van der Waals surface area contributed by atoms with E-state index in [4.69, 9.17) is 5.26 Å². The lowest BCUT2D eigenvalue weighted by Gasteiger charge is -2.37. The molecule has 0 atom stereocenters. The lowest BCUT2D eigenvalue weighted by molar-refractivity contribution is 0.0904. The van der Waals surface area contributed by atoms with Crippen molar-refractivity contribution >= 4 is 5.91 Å². The number of amides is 1. The number of carbonyl (C=O) groups is 1. The fraction of sp³-hybridized carbons (Fsp3) is 0.556. The summed E-state index contributed by atoms with van der Waals surface area (Å²) in [5, 5.41) is 12.0. The highest BCUT2D eigenvalue weighted by Crippen LogP contribution is 2.37. The molecule has 1 amide bonds. The summed E-state index contributed by atoms with van der Waals surface area (Å²) in [5.41, 5.74) is 1.46. The van der Waals surface area contributed by atoms with Gasteiger partial charge in [-0.15, -0.1) is 0 Å². The van der Waals surface area contributed by atoms with Gasteiger partial charge in [0.15, 0.2) is 0 Å². The Morgan fingerprint density at radius 3 is 2.48 bits per heavy atom. The van der Waals surface area contributed by atoms with Crippen LogP contribution in [0.3, 0.4) is 0 Å². The second kappa shape index (κ2) is 6.30. The smallest absolute Gasteiger partial charge is 0.251 e. The van der Waals surface area contributed by atoms with E-state index in [1.807, 2.05) is 0 Å². The van der Waals surface area contributed by atoms with Crippen LogP contribution in [0.25, 0.3) is 0 Å². The maximum Gasteiger partial charge on any atom is 0.251 e. The zero-order valence-electron chi connectivity index (χ0n) is 13.1. The van der Waals surface area contributed by atoms with Crippen LogP contribution in [-0.2, 0) is 0 Å². The van der Waals surface area contributed by atoms with Gasteiger partial charge in [-0.05, 0) is 55.2 Å². The first-order valence-electron chi connectivity index (χ1n) is 7.71. The van der Waals surface area contributed by atoms with Gasteiger partial charge in [0.1, 0.15) is 0 Å². The zero-order chi connectivity index (χ0) is 15.5. The zero-order valence-corrected chi connectivity index (χ0v) is 13.1. The lowest BCUT2D eigenvalue weighted by Crippen LogP contribution is -2.39. The van der Waals surface area contributed by atoms with Crippen molar-refractivity contribution in [2.75, 3.05) is 0 Å². The molecule has 112 valence electrons. The van der Waals surface area contributed by atoms with Gasteiger partial charge < -0.3 is 5.32 Å². The van der Waals surface area contributed by atoms with Crippen LogP contribution >= 0.6 is 0 Å². The molecule has 21 heavy (non-hydrogen) atoms. The Morgan fingerprint density at radius 2 is 1.90 bits per heavy atom. The van der Waals surface area contributed by atoms with Crippen LogP contribution in [0.15, 0.2) is 24.3 Å². The van der Waals surface area contributed by atoms with Crippen molar-refractivity contribution in [2.45, 2.75) is 52.5 Å². The highest BCUT2D eigenvalue weighted by Gasteiger charge is 2.30. The van der Waals surface area contributed by atoms with Crippen molar-refractivity contribution in [2.24, 2.45) is 11.3 Å². The van der Waals surface area contributed by atoms with Crippen LogP contribution < -0.4 is 5.32 Å². The van der Waals surface area contributed by atoms with Crippen molar-refractivity contribution in [3.63, 3.8) is 0 Å². The monoisotopic (exact) mass is 284 g/mol. The molecule has 1 aromatic rings. The van der Waals surface area contributed by atoms with Gasteiger partial charge in [-0.3, -0.25) is 4.79 Å². The molecule has 0 saturated heterocycles. The number of nitriles is 1. The number of nitrogens with one attached hydrogen (secondary N) is 1. The average Bonchev–Trinajstić information content (AvgIpc) is 2.47. The lowest BCUT2D eigenvalue weighted by atomic mass is 9.71. The standard InChI is InChI=1S/C18H24N2O/c1-18(2,3)15-7-9-16(10-8-15)20-17(21)14-6-4-5-13(11-14)12-19/h4-6,11,15-16H,7-10H2,1-3H3,(H,20,21). The molecule has 1 N–H and O–H groups in total. The molecule has 3 heteroatoms. The normalized spacial score (nSPS) is 22.4. The summed E-state index contributed by atoms with van der Waals surface area (Å²) < 4.78 is 0. The first-order chi connectivity index (χ1) is 9.90. The number of rotatable bonds is 2. The van der Waals surface area contributed by atoms with Crippen LogP contribution in [0.2, 0.25) is 0 Å². The Hall–Kier alpha value is -1.82. The van der Waals surface area contributed by atoms with Crippen molar-refractivity contribution in [1.82, 2.24) is 5.32 Å². The maximum absolute atomic E-state index is 12.2.